The molecule has 1 aromatic heterocycles. The average molecular weight is 202 g/mol. The van der Waals surface area contributed by atoms with Crippen LogP contribution >= 0.6 is 0 Å². The second kappa shape index (κ2) is 3.45. The van der Waals surface area contributed by atoms with Crippen LogP contribution in [0.5, 0.6) is 0 Å². The van der Waals surface area contributed by atoms with Gasteiger partial charge in [0.25, 0.3) is 5.56 Å². The van der Waals surface area contributed by atoms with E-state index in [1.165, 1.54) is 0 Å². The molecule has 15 heavy (non-hydrogen) atoms. The number of nitrogens with two attached hydrogens (primary N) is 2. The van der Waals surface area contributed by atoms with Gasteiger partial charge in [-0.15, -0.1) is 0 Å². The van der Waals surface area contributed by atoms with Gasteiger partial charge in [0.2, 0.25) is 0 Å². The lowest BCUT2D eigenvalue weighted by Gasteiger charge is -2.05. The number of aromatic amines is 1. The maximum atomic E-state index is 11.1. The van der Waals surface area contributed by atoms with Crippen molar-refractivity contribution in [3.63, 3.8) is 0 Å². The number of nitrogens with zero attached hydrogens (tertiary/aromatic N) is 1. The molecular formula is C10H10N4O. The minimum atomic E-state index is -0.466. The molecule has 1 heterocycles. The highest BCUT2D eigenvalue weighted by Gasteiger charge is 2.09. The number of anilines is 2. The van der Waals surface area contributed by atoms with E-state index in [0.717, 1.165) is 5.56 Å². The molecule has 0 radical (unpaired) electrons. The SMILES string of the molecule is Nc1c(-c2ccccc2)n[nH]c(=O)c1N. The number of nitrogen functional groups attached to an aromatic ring is 2. The summed E-state index contributed by atoms with van der Waals surface area (Å²) in [6.07, 6.45) is 0. The second-order valence-corrected chi connectivity index (χ2v) is 3.09. The molecular weight excluding hydrogens is 192 g/mol. The monoisotopic (exact) mass is 202 g/mol. The maximum absolute atomic E-state index is 11.1. The molecule has 5 nitrogen and oxygen atoms in total. The van der Waals surface area contributed by atoms with E-state index in [4.69, 9.17) is 11.5 Å². The third-order valence-electron chi connectivity index (χ3n) is 2.11. The van der Waals surface area contributed by atoms with Crippen LogP contribution in [0.3, 0.4) is 0 Å². The first-order valence-corrected chi connectivity index (χ1v) is 4.39. The van der Waals surface area contributed by atoms with Crippen molar-refractivity contribution in [3.05, 3.63) is 40.7 Å². The van der Waals surface area contributed by atoms with Crippen LogP contribution in [0, 0.1) is 0 Å². The molecule has 1 aromatic carbocycles. The van der Waals surface area contributed by atoms with Crippen LogP contribution in [0.4, 0.5) is 11.4 Å². The lowest BCUT2D eigenvalue weighted by Crippen LogP contribution is -2.16. The number of rotatable bonds is 1. The smallest absolute Gasteiger partial charge is 0.289 e. The van der Waals surface area contributed by atoms with Gasteiger partial charge in [0.05, 0.1) is 5.69 Å². The van der Waals surface area contributed by atoms with Crippen LogP contribution in [0.25, 0.3) is 11.3 Å². The normalized spacial score (nSPS) is 10.1. The predicted octanol–water partition coefficient (Wildman–Crippen LogP) is 0.601. The predicted molar refractivity (Wildman–Crippen MR) is 59.1 cm³/mol. The molecule has 0 aliphatic heterocycles. The molecule has 2 aromatic rings. The molecule has 0 fully saturated rings. The standard InChI is InChI=1S/C10H10N4O/c11-7-8(12)10(15)14-13-9(7)6-4-2-1-3-5-6/h1-5H,(H2,12,13)(H3,11,14,15). The topological polar surface area (TPSA) is 97.8 Å². The Morgan fingerprint density at radius 1 is 1.07 bits per heavy atom. The Balaban J connectivity index is 2.65. The van der Waals surface area contributed by atoms with E-state index in [2.05, 4.69) is 10.2 Å². The zero-order valence-electron chi connectivity index (χ0n) is 7.90. The second-order valence-electron chi connectivity index (χ2n) is 3.09. The summed E-state index contributed by atoms with van der Waals surface area (Å²) in [6.45, 7) is 0. The summed E-state index contributed by atoms with van der Waals surface area (Å²) < 4.78 is 0. The minimum absolute atomic E-state index is 0.00357. The van der Waals surface area contributed by atoms with E-state index in [9.17, 15) is 4.79 Å². The Hall–Kier alpha value is -2.30. The van der Waals surface area contributed by atoms with E-state index in [1.807, 2.05) is 30.3 Å². The van der Waals surface area contributed by atoms with Crippen molar-refractivity contribution in [3.8, 4) is 11.3 Å². The molecule has 0 bridgehead atoms. The molecule has 5 heteroatoms. The zero-order chi connectivity index (χ0) is 10.8. The molecule has 2 rings (SSSR count). The van der Waals surface area contributed by atoms with Gasteiger partial charge in [-0.05, 0) is 0 Å². The van der Waals surface area contributed by atoms with Crippen molar-refractivity contribution < 1.29 is 0 Å². The summed E-state index contributed by atoms with van der Waals surface area (Å²) in [5.74, 6) is 0. The van der Waals surface area contributed by atoms with E-state index >= 15 is 0 Å². The largest absolute Gasteiger partial charge is 0.395 e. The summed E-state index contributed by atoms with van der Waals surface area (Å²) in [7, 11) is 0. The number of benzene rings is 1. The Kier molecular flexibility index (Phi) is 2.13. The van der Waals surface area contributed by atoms with Crippen LogP contribution in [-0.4, -0.2) is 10.2 Å². The number of hydrogen-bond donors (Lipinski definition) is 3. The molecule has 0 saturated carbocycles. The molecule has 0 aliphatic rings. The van der Waals surface area contributed by atoms with Crippen molar-refractivity contribution in [2.45, 2.75) is 0 Å². The third-order valence-corrected chi connectivity index (χ3v) is 2.11. The molecule has 5 N–H and O–H groups in total. The highest BCUT2D eigenvalue weighted by atomic mass is 16.1. The Morgan fingerprint density at radius 2 is 1.73 bits per heavy atom. The summed E-state index contributed by atoms with van der Waals surface area (Å²) in [6, 6.07) is 9.29. The van der Waals surface area contributed by atoms with Crippen molar-refractivity contribution >= 4 is 11.4 Å². The molecule has 0 aliphatic carbocycles. The first-order chi connectivity index (χ1) is 7.20. The van der Waals surface area contributed by atoms with Crippen LogP contribution in [0.1, 0.15) is 0 Å². The number of nitrogens with one attached hydrogen (secondary N) is 1. The fourth-order valence-electron chi connectivity index (χ4n) is 1.29. The van der Waals surface area contributed by atoms with E-state index < -0.39 is 5.56 Å². The lowest BCUT2D eigenvalue weighted by atomic mass is 10.1. The first-order valence-electron chi connectivity index (χ1n) is 4.39. The van der Waals surface area contributed by atoms with Crippen LogP contribution in [0.15, 0.2) is 35.1 Å². The summed E-state index contributed by atoms with van der Waals surface area (Å²) in [4.78, 5) is 11.1. The van der Waals surface area contributed by atoms with Gasteiger partial charge in [-0.1, -0.05) is 30.3 Å². The highest BCUT2D eigenvalue weighted by molar-refractivity contribution is 5.80. The number of aromatic nitrogens is 2. The van der Waals surface area contributed by atoms with Gasteiger partial charge in [0.15, 0.2) is 0 Å². The fraction of sp³-hybridized carbons (Fsp3) is 0. The summed E-state index contributed by atoms with van der Waals surface area (Å²) >= 11 is 0. The van der Waals surface area contributed by atoms with Crippen LogP contribution in [0.2, 0.25) is 0 Å². The zero-order valence-corrected chi connectivity index (χ0v) is 7.90. The highest BCUT2D eigenvalue weighted by Crippen LogP contribution is 2.24. The van der Waals surface area contributed by atoms with Gasteiger partial charge >= 0.3 is 0 Å². The maximum Gasteiger partial charge on any atom is 0.289 e. The van der Waals surface area contributed by atoms with E-state index in [-0.39, 0.29) is 11.4 Å². The van der Waals surface area contributed by atoms with Gasteiger partial charge in [0, 0.05) is 5.56 Å². The number of hydrogen-bond acceptors (Lipinski definition) is 4. The minimum Gasteiger partial charge on any atom is -0.395 e. The van der Waals surface area contributed by atoms with Gasteiger partial charge in [0.1, 0.15) is 11.4 Å². The first kappa shape index (κ1) is 9.26. The van der Waals surface area contributed by atoms with Crippen LogP contribution < -0.4 is 17.0 Å². The van der Waals surface area contributed by atoms with Crippen molar-refractivity contribution in [2.24, 2.45) is 0 Å². The van der Waals surface area contributed by atoms with Crippen molar-refractivity contribution in [1.29, 1.82) is 0 Å². The number of H-pyrrole nitrogens is 1. The van der Waals surface area contributed by atoms with Gasteiger partial charge in [-0.25, -0.2) is 5.10 Å². The molecule has 0 amide bonds. The molecule has 76 valence electrons. The summed E-state index contributed by atoms with van der Waals surface area (Å²) in [5, 5.41) is 6.16. The molecule has 0 saturated heterocycles. The van der Waals surface area contributed by atoms with Crippen molar-refractivity contribution in [2.75, 3.05) is 11.5 Å². The molecule has 0 unspecified atom stereocenters. The van der Waals surface area contributed by atoms with Gasteiger partial charge in [-0.3, -0.25) is 4.79 Å². The van der Waals surface area contributed by atoms with Crippen LogP contribution in [-0.2, 0) is 0 Å². The van der Waals surface area contributed by atoms with Gasteiger partial charge < -0.3 is 11.5 Å². The third kappa shape index (κ3) is 1.54. The lowest BCUT2D eigenvalue weighted by molar-refractivity contribution is 1.00. The Morgan fingerprint density at radius 3 is 2.40 bits per heavy atom. The quantitative estimate of drug-likeness (QED) is 0.630. The van der Waals surface area contributed by atoms with Crippen molar-refractivity contribution in [1.82, 2.24) is 10.2 Å². The summed E-state index contributed by atoms with van der Waals surface area (Å²) in [5.41, 5.74) is 12.3. The van der Waals surface area contributed by atoms with E-state index in [0.29, 0.717) is 5.69 Å². The average Bonchev–Trinajstić information content (AvgIpc) is 2.27. The fourth-order valence-corrected chi connectivity index (χ4v) is 1.29. The van der Waals surface area contributed by atoms with E-state index in [1.54, 1.807) is 0 Å². The Labute approximate surface area is 85.7 Å². The molecule has 0 atom stereocenters. The molecule has 0 spiro atoms. The van der Waals surface area contributed by atoms with Gasteiger partial charge in [-0.2, -0.15) is 5.10 Å². The Bertz CT molecular complexity index is 533.